The van der Waals surface area contributed by atoms with Crippen LogP contribution in [0.15, 0.2) is 0 Å². The summed E-state index contributed by atoms with van der Waals surface area (Å²) in [7, 11) is -6.82. The molecule has 0 unspecified atom stereocenters. The lowest BCUT2D eigenvalue weighted by atomic mass is 10.5. The largest absolute Gasteiger partial charge is 0.530 e. The first-order valence-corrected chi connectivity index (χ1v) is 23.3. The van der Waals surface area contributed by atoms with Crippen molar-refractivity contribution in [2.75, 3.05) is 0 Å². The number of aromatic nitrogens is 4. The van der Waals surface area contributed by atoms with E-state index in [4.69, 9.17) is 19.4 Å². The summed E-state index contributed by atoms with van der Waals surface area (Å²) in [6.07, 6.45) is 0. The van der Waals surface area contributed by atoms with Crippen LogP contribution in [0.25, 0.3) is 11.2 Å². The fourth-order valence-corrected chi connectivity index (χ4v) is 9.19. The smallest absolute Gasteiger partial charge is 0.244 e. The molecule has 0 aliphatic heterocycles. The van der Waals surface area contributed by atoms with E-state index in [2.05, 4.69) is 82.8 Å². The van der Waals surface area contributed by atoms with E-state index in [0.29, 0.717) is 0 Å². The molecule has 146 valence electrons. The minimum absolute atomic E-state index is 0.769. The predicted molar refractivity (Wildman–Crippen MR) is 124 cm³/mol. The van der Waals surface area contributed by atoms with Gasteiger partial charge in [-0.3, -0.25) is 0 Å². The Morgan fingerprint density at radius 1 is 0.692 bits per heavy atom. The first-order chi connectivity index (χ1) is 11.4. The van der Waals surface area contributed by atoms with Gasteiger partial charge in [0, 0.05) is 0 Å². The molecule has 0 aliphatic carbocycles. The van der Waals surface area contributed by atoms with Crippen LogP contribution in [-0.4, -0.2) is 51.9 Å². The van der Waals surface area contributed by atoms with Gasteiger partial charge in [-0.15, -0.1) is 0 Å². The average molecular weight is 425 g/mol. The van der Waals surface area contributed by atoms with Crippen LogP contribution in [0.1, 0.15) is 0 Å². The van der Waals surface area contributed by atoms with Gasteiger partial charge in [0.25, 0.3) is 0 Å². The summed E-state index contributed by atoms with van der Waals surface area (Å²) < 4.78 is 8.98. The van der Waals surface area contributed by atoms with Crippen molar-refractivity contribution < 1.29 is 4.43 Å². The minimum atomic E-state index is -1.81. The second-order valence-corrected chi connectivity index (χ2v) is 30.3. The van der Waals surface area contributed by atoms with Gasteiger partial charge < -0.3 is 8.66 Å². The van der Waals surface area contributed by atoms with Gasteiger partial charge in [0.05, 0.1) is 5.45 Å². The monoisotopic (exact) mass is 424 g/mol. The van der Waals surface area contributed by atoms with E-state index in [0.717, 1.165) is 22.5 Å². The van der Waals surface area contributed by atoms with E-state index in [1.165, 1.54) is 5.45 Å². The maximum atomic E-state index is 6.50. The highest BCUT2D eigenvalue weighted by atomic mass is 28.4. The average Bonchev–Trinajstić information content (AvgIpc) is 2.74. The van der Waals surface area contributed by atoms with Crippen LogP contribution in [0.4, 0.5) is 0 Å². The zero-order valence-electron chi connectivity index (χ0n) is 18.7. The van der Waals surface area contributed by atoms with Crippen molar-refractivity contribution in [2.24, 2.45) is 0 Å². The molecule has 2 aromatic heterocycles. The molecule has 0 aromatic carbocycles. The number of imidazole rings is 1. The van der Waals surface area contributed by atoms with E-state index in [9.17, 15) is 0 Å². The molecule has 2 heterocycles. The Balaban J connectivity index is 2.98. The molecule has 0 saturated carbocycles. The van der Waals surface area contributed by atoms with Crippen molar-refractivity contribution >= 4 is 54.8 Å². The Hall–Kier alpha value is -0.782. The lowest BCUT2D eigenvalue weighted by molar-refractivity contribution is 0.540. The predicted octanol–water partition coefficient (Wildman–Crippen LogP) is 3.81. The van der Waals surface area contributed by atoms with Crippen molar-refractivity contribution in [1.29, 1.82) is 0 Å². The molecule has 0 amide bonds. The van der Waals surface area contributed by atoms with Crippen LogP contribution < -0.4 is 15.3 Å². The molecule has 0 spiro atoms. The lowest BCUT2D eigenvalue weighted by Crippen LogP contribution is -2.51. The van der Waals surface area contributed by atoms with Crippen molar-refractivity contribution in [2.45, 2.75) is 78.6 Å². The van der Waals surface area contributed by atoms with Crippen molar-refractivity contribution in [1.82, 2.24) is 19.2 Å². The third-order valence-corrected chi connectivity index (χ3v) is 9.94. The van der Waals surface area contributed by atoms with E-state index in [1.807, 2.05) is 0 Å². The zero-order chi connectivity index (χ0) is 20.3. The van der Waals surface area contributed by atoms with Crippen LogP contribution in [-0.2, 0) is 0 Å². The number of hydrogen-bond donors (Lipinski definition) is 0. The van der Waals surface area contributed by atoms with Crippen molar-refractivity contribution in [3.63, 3.8) is 0 Å². The number of hydrogen-bond acceptors (Lipinski definition) is 4. The molecule has 0 aliphatic rings. The minimum Gasteiger partial charge on any atom is -0.530 e. The molecular formula is C17H36N4OSi4. The molecule has 0 N–H and O–H groups in total. The molecule has 5 nitrogen and oxygen atoms in total. The summed E-state index contributed by atoms with van der Waals surface area (Å²) in [6, 6.07) is 0. The molecular weight excluding hydrogens is 389 g/mol. The van der Waals surface area contributed by atoms with E-state index < -0.39 is 32.7 Å². The van der Waals surface area contributed by atoms with Gasteiger partial charge in [-0.25, -0.2) is 15.0 Å². The van der Waals surface area contributed by atoms with Gasteiger partial charge in [-0.05, 0) is 19.6 Å². The quantitative estimate of drug-likeness (QED) is 0.685. The van der Waals surface area contributed by atoms with Gasteiger partial charge in [0.2, 0.25) is 14.2 Å². The maximum Gasteiger partial charge on any atom is 0.244 e. The second-order valence-electron chi connectivity index (χ2n) is 11.2. The Morgan fingerprint density at radius 2 is 1.23 bits per heavy atom. The summed E-state index contributed by atoms with van der Waals surface area (Å²) >= 11 is 0. The molecule has 9 heteroatoms. The first kappa shape index (κ1) is 21.5. The highest BCUT2D eigenvalue weighted by Gasteiger charge is 2.35. The summed E-state index contributed by atoms with van der Waals surface area (Å²) in [5.74, 6) is 0.769. The number of nitrogens with zero attached hydrogens (tertiary/aromatic N) is 4. The number of rotatable bonds is 5. The molecule has 0 bridgehead atoms. The molecule has 26 heavy (non-hydrogen) atoms. The van der Waals surface area contributed by atoms with Crippen molar-refractivity contribution in [3.8, 4) is 5.88 Å². The molecule has 0 atom stereocenters. The summed E-state index contributed by atoms with van der Waals surface area (Å²) in [4.78, 5) is 15.0. The van der Waals surface area contributed by atoms with Crippen LogP contribution in [0.2, 0.25) is 78.6 Å². The van der Waals surface area contributed by atoms with Gasteiger partial charge in [-0.1, -0.05) is 58.9 Å². The van der Waals surface area contributed by atoms with Crippen molar-refractivity contribution in [3.05, 3.63) is 0 Å². The van der Waals surface area contributed by atoms with Crippen LogP contribution in [0.3, 0.4) is 0 Å². The van der Waals surface area contributed by atoms with E-state index >= 15 is 0 Å². The Kier molecular flexibility index (Phi) is 5.28. The highest BCUT2D eigenvalue weighted by Crippen LogP contribution is 2.27. The fourth-order valence-electron chi connectivity index (χ4n) is 2.81. The standard InChI is InChI=1S/C17H36N4OSi4/c1-23(2,3)16-18-14-13(15(20-16)22-26(10,11)12)21(25(7,8)9)17(19-14)24(4,5)6/h1-12H3. The molecule has 0 saturated heterocycles. The fraction of sp³-hybridized carbons (Fsp3) is 0.706. The van der Waals surface area contributed by atoms with Gasteiger partial charge in [0.15, 0.2) is 13.9 Å². The first-order valence-electron chi connectivity index (χ1n) is 9.42. The molecule has 2 rings (SSSR count). The van der Waals surface area contributed by atoms with Crippen LogP contribution >= 0.6 is 0 Å². The summed E-state index contributed by atoms with van der Waals surface area (Å²) in [6.45, 7) is 27.6. The molecule has 0 fully saturated rings. The second kappa shape index (κ2) is 6.38. The molecule has 2 aromatic rings. The van der Waals surface area contributed by atoms with Gasteiger partial charge in [0.1, 0.15) is 27.1 Å². The Labute approximate surface area is 162 Å². The topological polar surface area (TPSA) is 52.8 Å². The third-order valence-electron chi connectivity index (χ3n) is 3.90. The number of fused-ring (bicyclic) bond motifs is 1. The van der Waals surface area contributed by atoms with Crippen LogP contribution in [0, 0.1) is 0 Å². The SMILES string of the molecule is C[Si](C)(C)Oc1nc([Si](C)(C)C)nc2nc([Si](C)(C)C)n([Si](C)(C)C)c12. The maximum absolute atomic E-state index is 6.50. The van der Waals surface area contributed by atoms with Gasteiger partial charge in [-0.2, -0.15) is 0 Å². The third kappa shape index (κ3) is 4.54. The zero-order valence-corrected chi connectivity index (χ0v) is 22.7. The Bertz CT molecular complexity index is 821. The van der Waals surface area contributed by atoms with E-state index in [1.54, 1.807) is 0 Å². The Morgan fingerprint density at radius 3 is 1.62 bits per heavy atom. The summed E-state index contributed by atoms with van der Waals surface area (Å²) in [5, 5.41) is 0. The normalized spacial score (nSPS) is 14.2. The highest BCUT2D eigenvalue weighted by molar-refractivity contribution is 6.90. The lowest BCUT2D eigenvalue weighted by Gasteiger charge is -2.28. The van der Waals surface area contributed by atoms with Crippen LogP contribution in [0.5, 0.6) is 5.88 Å². The molecule has 0 radical (unpaired) electrons. The van der Waals surface area contributed by atoms with E-state index in [-0.39, 0.29) is 0 Å². The van der Waals surface area contributed by atoms with Gasteiger partial charge >= 0.3 is 0 Å². The summed E-state index contributed by atoms with van der Waals surface area (Å²) in [5.41, 5.74) is 4.05.